The highest BCUT2D eigenvalue weighted by molar-refractivity contribution is 7.92. The molecule has 0 spiro atoms. The molecule has 2 aromatic carbocycles. The number of halogens is 5. The first-order valence-electron chi connectivity index (χ1n) is 9.92. The van der Waals surface area contributed by atoms with Crippen LogP contribution in [0.2, 0.25) is 0 Å². The fraction of sp³-hybridized carbons (Fsp3) is 0.409. The molecule has 2 aromatic rings. The SMILES string of the molecule is N#CC[C@@H]1CC[C@@]2(S(=O)(=O)c3ccc(C(F)(F)F)cc3)c3c(F)ccc(F)c3OC[C@H]2C1. The molecule has 0 N–H and O–H groups in total. The van der Waals surface area contributed by atoms with Crippen molar-refractivity contribution in [2.45, 2.75) is 41.5 Å². The Balaban J connectivity index is 1.92. The van der Waals surface area contributed by atoms with E-state index in [2.05, 4.69) is 0 Å². The number of benzene rings is 2. The van der Waals surface area contributed by atoms with Gasteiger partial charge in [-0.1, -0.05) is 0 Å². The normalized spacial score (nSPS) is 25.2. The van der Waals surface area contributed by atoms with Crippen LogP contribution in [-0.4, -0.2) is 15.0 Å². The van der Waals surface area contributed by atoms with E-state index >= 15 is 4.39 Å². The molecule has 32 heavy (non-hydrogen) atoms. The van der Waals surface area contributed by atoms with Crippen molar-refractivity contribution in [3.63, 3.8) is 0 Å². The van der Waals surface area contributed by atoms with E-state index in [4.69, 9.17) is 10.00 Å². The van der Waals surface area contributed by atoms with Gasteiger partial charge in [0.15, 0.2) is 21.4 Å². The molecule has 0 bridgehead atoms. The van der Waals surface area contributed by atoms with Gasteiger partial charge >= 0.3 is 6.18 Å². The number of rotatable bonds is 3. The van der Waals surface area contributed by atoms with Gasteiger partial charge in [-0.2, -0.15) is 18.4 Å². The molecule has 170 valence electrons. The molecule has 1 saturated carbocycles. The van der Waals surface area contributed by atoms with Gasteiger partial charge in [-0.3, -0.25) is 0 Å². The molecule has 1 heterocycles. The van der Waals surface area contributed by atoms with Gasteiger partial charge in [-0.25, -0.2) is 17.2 Å². The van der Waals surface area contributed by atoms with Gasteiger partial charge < -0.3 is 4.74 Å². The van der Waals surface area contributed by atoms with Crippen molar-refractivity contribution in [1.82, 2.24) is 0 Å². The Morgan fingerprint density at radius 1 is 1.09 bits per heavy atom. The summed E-state index contributed by atoms with van der Waals surface area (Å²) in [4.78, 5) is -0.411. The Labute approximate surface area is 181 Å². The second-order valence-corrected chi connectivity index (χ2v) is 10.4. The molecule has 1 aliphatic heterocycles. The molecule has 10 heteroatoms. The van der Waals surface area contributed by atoms with E-state index in [0.717, 1.165) is 24.3 Å². The number of ether oxygens (including phenoxy) is 1. The Bertz CT molecular complexity index is 1190. The molecule has 0 radical (unpaired) electrons. The van der Waals surface area contributed by atoms with Gasteiger partial charge in [0.1, 0.15) is 10.6 Å². The Morgan fingerprint density at radius 3 is 2.38 bits per heavy atom. The van der Waals surface area contributed by atoms with Crippen molar-refractivity contribution in [2.75, 3.05) is 6.61 Å². The largest absolute Gasteiger partial charge is 0.490 e. The summed E-state index contributed by atoms with van der Waals surface area (Å²) in [7, 11) is -4.47. The van der Waals surface area contributed by atoms with Crippen LogP contribution in [0.4, 0.5) is 22.0 Å². The number of nitriles is 1. The quantitative estimate of drug-likeness (QED) is 0.564. The summed E-state index contributed by atoms with van der Waals surface area (Å²) in [6.07, 6.45) is -4.10. The average Bonchev–Trinajstić information content (AvgIpc) is 2.75. The van der Waals surface area contributed by atoms with Crippen molar-refractivity contribution in [1.29, 1.82) is 5.26 Å². The smallest absolute Gasteiger partial charge is 0.416 e. The zero-order valence-corrected chi connectivity index (χ0v) is 17.4. The fourth-order valence-corrected chi connectivity index (χ4v) is 7.32. The molecule has 0 saturated heterocycles. The van der Waals surface area contributed by atoms with E-state index in [-0.39, 0.29) is 38.2 Å². The number of alkyl halides is 3. The standard InChI is InChI=1S/C22H18F5NO3S/c23-17-5-6-18(24)20-19(17)21(9-7-13(8-10-28)11-15(21)12-31-20)32(29,30)16-3-1-14(2-4-16)22(25,26)27/h1-6,13,15H,7-9,11-12H2/t13-,15+,21-/m0/s1. The summed E-state index contributed by atoms with van der Waals surface area (Å²) in [5.41, 5.74) is -1.45. The summed E-state index contributed by atoms with van der Waals surface area (Å²) in [5.74, 6) is -3.31. The topological polar surface area (TPSA) is 67.2 Å². The van der Waals surface area contributed by atoms with Crippen LogP contribution in [0.1, 0.15) is 36.8 Å². The maximum Gasteiger partial charge on any atom is 0.416 e. The second kappa shape index (κ2) is 7.73. The van der Waals surface area contributed by atoms with E-state index in [0.29, 0.717) is 12.1 Å². The lowest BCUT2D eigenvalue weighted by Crippen LogP contribution is -2.52. The van der Waals surface area contributed by atoms with Gasteiger partial charge in [0.05, 0.1) is 28.7 Å². The molecule has 4 nitrogen and oxygen atoms in total. The third-order valence-corrected chi connectivity index (χ3v) is 9.06. The van der Waals surface area contributed by atoms with Crippen molar-refractivity contribution in [2.24, 2.45) is 11.8 Å². The van der Waals surface area contributed by atoms with Crippen molar-refractivity contribution >= 4 is 9.84 Å². The number of nitrogens with zero attached hydrogens (tertiary/aromatic N) is 1. The zero-order chi connectivity index (χ0) is 23.3. The summed E-state index contributed by atoms with van der Waals surface area (Å²) in [5, 5.41) is 9.05. The van der Waals surface area contributed by atoms with Crippen LogP contribution in [0, 0.1) is 34.8 Å². The van der Waals surface area contributed by atoms with Crippen LogP contribution in [0.5, 0.6) is 5.75 Å². The molecule has 4 rings (SSSR count). The predicted octanol–water partition coefficient (Wildman–Crippen LogP) is 5.38. The Morgan fingerprint density at radius 2 is 1.75 bits per heavy atom. The van der Waals surface area contributed by atoms with E-state index in [1.54, 1.807) is 0 Å². The van der Waals surface area contributed by atoms with Gasteiger partial charge in [0, 0.05) is 12.3 Å². The molecule has 2 aliphatic rings. The first-order chi connectivity index (χ1) is 15.0. The molecule has 0 unspecified atom stereocenters. The monoisotopic (exact) mass is 471 g/mol. The number of hydrogen-bond donors (Lipinski definition) is 0. The summed E-state index contributed by atoms with van der Waals surface area (Å²) >= 11 is 0. The molecule has 0 aromatic heterocycles. The van der Waals surface area contributed by atoms with E-state index in [1.807, 2.05) is 6.07 Å². The van der Waals surface area contributed by atoms with Crippen LogP contribution in [-0.2, 0) is 20.8 Å². The average molecular weight is 471 g/mol. The van der Waals surface area contributed by atoms with Gasteiger partial charge in [-0.05, 0) is 61.6 Å². The molecule has 3 atom stereocenters. The third kappa shape index (κ3) is 3.34. The van der Waals surface area contributed by atoms with E-state index < -0.39 is 60.1 Å². The molecule has 1 aliphatic carbocycles. The highest BCUT2D eigenvalue weighted by Gasteiger charge is 2.59. The number of fused-ring (bicyclic) bond motifs is 3. The maximum atomic E-state index is 15.1. The van der Waals surface area contributed by atoms with Crippen molar-refractivity contribution < 1.29 is 35.1 Å². The predicted molar refractivity (Wildman–Crippen MR) is 103 cm³/mol. The summed E-state index contributed by atoms with van der Waals surface area (Å²) < 4.78 is 99.8. The fourth-order valence-electron chi connectivity index (χ4n) is 4.95. The minimum atomic E-state index is -4.65. The van der Waals surface area contributed by atoms with Crippen molar-refractivity contribution in [3.05, 3.63) is 59.2 Å². The second-order valence-electron chi connectivity index (χ2n) is 8.16. The molecule has 1 fully saturated rings. The molecular formula is C22H18F5NO3S. The third-order valence-electron chi connectivity index (χ3n) is 6.46. The Kier molecular flexibility index (Phi) is 5.44. The summed E-state index contributed by atoms with van der Waals surface area (Å²) in [6.45, 7) is -0.213. The highest BCUT2D eigenvalue weighted by Crippen LogP contribution is 2.57. The molecular weight excluding hydrogens is 453 g/mol. The van der Waals surface area contributed by atoms with Crippen LogP contribution >= 0.6 is 0 Å². The lowest BCUT2D eigenvalue weighted by molar-refractivity contribution is -0.137. The first kappa shape index (κ1) is 22.5. The minimum absolute atomic E-state index is 0.107. The zero-order valence-electron chi connectivity index (χ0n) is 16.6. The van der Waals surface area contributed by atoms with Gasteiger partial charge in [0.2, 0.25) is 0 Å². The van der Waals surface area contributed by atoms with Gasteiger partial charge in [-0.15, -0.1) is 0 Å². The lowest BCUT2D eigenvalue weighted by Gasteiger charge is -2.48. The summed E-state index contributed by atoms with van der Waals surface area (Å²) in [6, 6.07) is 6.71. The minimum Gasteiger partial charge on any atom is -0.490 e. The van der Waals surface area contributed by atoms with Gasteiger partial charge in [0.25, 0.3) is 0 Å². The number of sulfone groups is 1. The highest BCUT2D eigenvalue weighted by atomic mass is 32.2. The number of hydrogen-bond acceptors (Lipinski definition) is 4. The van der Waals surface area contributed by atoms with Crippen LogP contribution < -0.4 is 4.74 Å². The first-order valence-corrected chi connectivity index (χ1v) is 11.4. The van der Waals surface area contributed by atoms with Crippen molar-refractivity contribution in [3.8, 4) is 11.8 Å². The van der Waals surface area contributed by atoms with E-state index in [9.17, 15) is 26.0 Å². The molecule has 0 amide bonds. The van der Waals surface area contributed by atoms with Crippen LogP contribution in [0.25, 0.3) is 0 Å². The van der Waals surface area contributed by atoms with Crippen LogP contribution in [0.3, 0.4) is 0 Å². The Hall–Kier alpha value is -2.67. The lowest BCUT2D eigenvalue weighted by atomic mass is 9.68. The maximum absolute atomic E-state index is 15.1. The van der Waals surface area contributed by atoms with Crippen LogP contribution in [0.15, 0.2) is 41.3 Å². The van der Waals surface area contributed by atoms with E-state index in [1.165, 1.54) is 0 Å².